The fraction of sp³-hybridized carbons (Fsp3) is 0.179. The van der Waals surface area contributed by atoms with Gasteiger partial charge in [0.2, 0.25) is 0 Å². The van der Waals surface area contributed by atoms with Crippen molar-refractivity contribution in [2.75, 3.05) is 0 Å². The molecule has 0 aromatic heterocycles. The molecule has 146 valence electrons. The molecule has 0 atom stereocenters. The summed E-state index contributed by atoms with van der Waals surface area (Å²) in [4.78, 5) is 0. The second-order valence-electron chi connectivity index (χ2n) is 7.01. The molecule has 0 aliphatic carbocycles. The summed E-state index contributed by atoms with van der Waals surface area (Å²) in [5.74, 6) is 11.4. The molecule has 0 fully saturated rings. The Morgan fingerprint density at radius 2 is 1.40 bits per heavy atom. The third-order valence-corrected chi connectivity index (χ3v) is 4.72. The molecule has 0 amide bonds. The lowest BCUT2D eigenvalue weighted by molar-refractivity contribution is 0.624. The highest BCUT2D eigenvalue weighted by Gasteiger charge is 2.01. The second-order valence-corrected chi connectivity index (χ2v) is 7.01. The van der Waals surface area contributed by atoms with Gasteiger partial charge in [-0.25, -0.2) is 4.39 Å². The van der Waals surface area contributed by atoms with Gasteiger partial charge < -0.3 is 0 Å². The van der Waals surface area contributed by atoms with E-state index in [0.717, 1.165) is 12.0 Å². The molecule has 0 N–H and O–H groups in total. The Morgan fingerprint density at radius 3 is 2.10 bits per heavy atom. The number of aryl methyl sites for hydroxylation is 1. The minimum absolute atomic E-state index is 0.282. The molecular weight excluding hydrogens is 369 g/mol. The molecule has 0 saturated carbocycles. The largest absolute Gasteiger partial charge is 0.206 e. The predicted octanol–water partition coefficient (Wildman–Crippen LogP) is 6.23. The number of hydrogen-bond donors (Lipinski definition) is 0. The third-order valence-electron chi connectivity index (χ3n) is 4.72. The average Bonchev–Trinajstić information content (AvgIpc) is 2.78. The maximum Gasteiger partial charge on any atom is 0.140 e. The van der Waals surface area contributed by atoms with E-state index in [2.05, 4.69) is 48.8 Å². The van der Waals surface area contributed by atoms with Crippen LogP contribution >= 0.6 is 0 Å². The van der Waals surface area contributed by atoms with E-state index >= 15 is 0 Å². The maximum absolute atomic E-state index is 14.4. The molecule has 1 nitrogen and oxygen atoms in total. The van der Waals surface area contributed by atoms with E-state index in [1.165, 1.54) is 30.9 Å². The van der Waals surface area contributed by atoms with Crippen molar-refractivity contribution in [1.82, 2.24) is 0 Å². The number of nitrogens with zero attached hydrogens (tertiary/aromatic N) is 1. The van der Waals surface area contributed by atoms with Crippen LogP contribution in [0.4, 0.5) is 4.39 Å². The quantitative estimate of drug-likeness (QED) is 0.382. The Kier molecular flexibility index (Phi) is 7.44. The van der Waals surface area contributed by atoms with Crippen LogP contribution in [0.3, 0.4) is 0 Å². The summed E-state index contributed by atoms with van der Waals surface area (Å²) in [7, 11) is 0. The van der Waals surface area contributed by atoms with Crippen LogP contribution in [0.15, 0.2) is 66.7 Å². The van der Waals surface area contributed by atoms with E-state index in [4.69, 9.17) is 5.26 Å². The van der Waals surface area contributed by atoms with Gasteiger partial charge in [-0.15, -0.1) is 0 Å². The summed E-state index contributed by atoms with van der Waals surface area (Å²) in [6.07, 6.45) is 4.77. The molecule has 3 aromatic carbocycles. The van der Waals surface area contributed by atoms with Gasteiger partial charge in [0, 0.05) is 16.7 Å². The van der Waals surface area contributed by atoms with Crippen LogP contribution in [0.1, 0.15) is 59.6 Å². The van der Waals surface area contributed by atoms with E-state index in [1.807, 2.05) is 12.1 Å². The van der Waals surface area contributed by atoms with Crippen molar-refractivity contribution in [2.24, 2.45) is 0 Å². The molecule has 0 aliphatic rings. The number of nitriles is 1. The highest BCUT2D eigenvalue weighted by molar-refractivity contribution is 5.52. The smallest absolute Gasteiger partial charge is 0.140 e. The van der Waals surface area contributed by atoms with Crippen LogP contribution in [0.25, 0.3) is 0 Å². The summed E-state index contributed by atoms with van der Waals surface area (Å²) in [5, 5.41) is 9.12. The predicted molar refractivity (Wildman–Crippen MR) is 119 cm³/mol. The van der Waals surface area contributed by atoms with Crippen LogP contribution in [0.2, 0.25) is 0 Å². The van der Waals surface area contributed by atoms with Crippen LogP contribution in [-0.4, -0.2) is 0 Å². The Bertz CT molecular complexity index is 1180. The Balaban J connectivity index is 1.71. The summed E-state index contributed by atoms with van der Waals surface area (Å²) in [6, 6.07) is 22.1. The topological polar surface area (TPSA) is 23.8 Å². The number of benzene rings is 3. The highest BCUT2D eigenvalue weighted by atomic mass is 19.1. The van der Waals surface area contributed by atoms with Gasteiger partial charge in [-0.3, -0.25) is 0 Å². The summed E-state index contributed by atoms with van der Waals surface area (Å²) < 4.78 is 14.4. The molecular formula is C28H22FN. The number of rotatable bonds is 4. The van der Waals surface area contributed by atoms with Crippen molar-refractivity contribution in [3.8, 4) is 29.8 Å². The van der Waals surface area contributed by atoms with Gasteiger partial charge in [-0.2, -0.15) is 5.26 Å². The van der Waals surface area contributed by atoms with E-state index < -0.39 is 5.82 Å². The zero-order valence-electron chi connectivity index (χ0n) is 17.0. The normalized spacial score (nSPS) is 9.63. The lowest BCUT2D eigenvalue weighted by Crippen LogP contribution is -1.87. The molecule has 0 aliphatic heterocycles. The van der Waals surface area contributed by atoms with Gasteiger partial charge in [0.1, 0.15) is 11.9 Å². The maximum atomic E-state index is 14.4. The lowest BCUT2D eigenvalue weighted by atomic mass is 10.1. The average molecular weight is 391 g/mol. The van der Waals surface area contributed by atoms with Gasteiger partial charge in [0.05, 0.1) is 11.1 Å². The monoisotopic (exact) mass is 391 g/mol. The molecule has 0 radical (unpaired) electrons. The van der Waals surface area contributed by atoms with E-state index in [1.54, 1.807) is 36.4 Å². The molecule has 0 unspecified atom stereocenters. The first-order chi connectivity index (χ1) is 14.7. The second kappa shape index (κ2) is 10.7. The van der Waals surface area contributed by atoms with Crippen molar-refractivity contribution in [2.45, 2.75) is 32.6 Å². The molecule has 0 saturated heterocycles. The van der Waals surface area contributed by atoms with E-state index in [-0.39, 0.29) is 5.56 Å². The first kappa shape index (κ1) is 20.9. The van der Waals surface area contributed by atoms with Crippen molar-refractivity contribution in [1.29, 1.82) is 5.26 Å². The van der Waals surface area contributed by atoms with Crippen LogP contribution in [0.5, 0.6) is 0 Å². The Hall–Kier alpha value is -3.80. The van der Waals surface area contributed by atoms with Crippen molar-refractivity contribution in [3.63, 3.8) is 0 Å². The van der Waals surface area contributed by atoms with Crippen molar-refractivity contribution < 1.29 is 4.39 Å². The van der Waals surface area contributed by atoms with E-state index in [9.17, 15) is 4.39 Å². The minimum atomic E-state index is -0.421. The van der Waals surface area contributed by atoms with Crippen molar-refractivity contribution >= 4 is 0 Å². The molecule has 3 aromatic rings. The molecule has 0 spiro atoms. The van der Waals surface area contributed by atoms with Crippen molar-refractivity contribution in [3.05, 3.63) is 106 Å². The molecule has 0 bridgehead atoms. The van der Waals surface area contributed by atoms with Crippen LogP contribution < -0.4 is 0 Å². The molecule has 30 heavy (non-hydrogen) atoms. The summed E-state index contributed by atoms with van der Waals surface area (Å²) in [5.41, 5.74) is 4.17. The molecule has 0 heterocycles. The summed E-state index contributed by atoms with van der Waals surface area (Å²) in [6.45, 7) is 2.20. The standard InChI is InChI=1S/C28H22FN/c1-2-3-4-7-22-10-12-23(13-11-22)14-15-24-16-17-26(28(29)20-24)19-18-25-8-5-6-9-27(25)21-30/h5-6,8-13,16-17,20H,2-4,7H2,1H3. The van der Waals surface area contributed by atoms with Gasteiger partial charge in [-0.1, -0.05) is 67.7 Å². The van der Waals surface area contributed by atoms with Gasteiger partial charge in [-0.05, 0) is 60.9 Å². The van der Waals surface area contributed by atoms with E-state index in [0.29, 0.717) is 16.7 Å². The first-order valence-electron chi connectivity index (χ1n) is 10.1. The number of halogens is 1. The van der Waals surface area contributed by atoms with Crippen LogP contribution in [0, 0.1) is 40.8 Å². The lowest BCUT2D eigenvalue weighted by Gasteiger charge is -2.00. The Labute approximate surface area is 178 Å². The first-order valence-corrected chi connectivity index (χ1v) is 10.1. The number of unbranched alkanes of at least 4 members (excludes halogenated alkanes) is 2. The van der Waals surface area contributed by atoms with Gasteiger partial charge in [0.15, 0.2) is 0 Å². The van der Waals surface area contributed by atoms with Gasteiger partial charge >= 0.3 is 0 Å². The number of hydrogen-bond acceptors (Lipinski definition) is 1. The highest BCUT2D eigenvalue weighted by Crippen LogP contribution is 2.12. The SMILES string of the molecule is CCCCCc1ccc(C#Cc2ccc(C#Cc3ccccc3C#N)c(F)c2)cc1. The van der Waals surface area contributed by atoms with Gasteiger partial charge in [0.25, 0.3) is 0 Å². The molecule has 3 rings (SSSR count). The Morgan fingerprint density at radius 1 is 0.733 bits per heavy atom. The minimum Gasteiger partial charge on any atom is -0.206 e. The van der Waals surface area contributed by atoms with Crippen LogP contribution in [-0.2, 0) is 6.42 Å². The fourth-order valence-electron chi connectivity index (χ4n) is 3.00. The third kappa shape index (κ3) is 5.85. The zero-order valence-corrected chi connectivity index (χ0v) is 17.0. The zero-order chi connectivity index (χ0) is 21.2. The molecule has 2 heteroatoms. The summed E-state index contributed by atoms with van der Waals surface area (Å²) >= 11 is 0. The fourth-order valence-corrected chi connectivity index (χ4v) is 3.00.